The van der Waals surface area contributed by atoms with Crippen LogP contribution in [0.3, 0.4) is 0 Å². The molecule has 0 aliphatic heterocycles. The van der Waals surface area contributed by atoms with Crippen molar-refractivity contribution >= 4 is 70.1 Å². The Morgan fingerprint density at radius 2 is 1.74 bits per heavy atom. The summed E-state index contributed by atoms with van der Waals surface area (Å²) in [5, 5.41) is 12.6. The van der Waals surface area contributed by atoms with E-state index in [4.69, 9.17) is 11.6 Å². The molecule has 9 heteroatoms. The van der Waals surface area contributed by atoms with E-state index in [0.717, 1.165) is 27.7 Å². The van der Waals surface area contributed by atoms with Gasteiger partial charge in [-0.15, -0.1) is 23.5 Å². The lowest BCUT2D eigenvalue weighted by molar-refractivity contribution is -0.305. The minimum absolute atomic E-state index is 0. The zero-order valence-corrected chi connectivity index (χ0v) is 22.5. The number of hydrogen-bond donors (Lipinski definition) is 1. The molecule has 1 amide bonds. The van der Waals surface area contributed by atoms with Gasteiger partial charge in [0.05, 0.1) is 15.8 Å². The van der Waals surface area contributed by atoms with Crippen molar-refractivity contribution in [2.45, 2.75) is 17.4 Å². The molecule has 0 aliphatic rings. The van der Waals surface area contributed by atoms with E-state index in [9.17, 15) is 14.7 Å². The number of thioether (sulfide) groups is 2. The lowest BCUT2D eigenvalue weighted by Crippen LogP contribution is -2.22. The largest absolute Gasteiger partial charge is 0.550 e. The van der Waals surface area contributed by atoms with Crippen molar-refractivity contribution in [3.8, 4) is 0 Å². The van der Waals surface area contributed by atoms with Gasteiger partial charge in [-0.1, -0.05) is 48.0 Å². The van der Waals surface area contributed by atoms with Gasteiger partial charge >= 0.3 is 0 Å². The van der Waals surface area contributed by atoms with E-state index in [0.29, 0.717) is 22.9 Å². The van der Waals surface area contributed by atoms with Crippen LogP contribution >= 0.6 is 35.1 Å². The SMILES string of the molecule is CN(C)C(=O)CCSC(SCCC(=O)[O-])c1cccc(/C=C/c2ccc3ccc(Cl)cc3n2)c1.[NH4+]. The first-order valence-electron chi connectivity index (χ1n) is 10.8. The number of halogens is 1. The van der Waals surface area contributed by atoms with E-state index in [2.05, 4.69) is 11.1 Å². The average Bonchev–Trinajstić information content (AvgIpc) is 2.81. The van der Waals surface area contributed by atoms with Gasteiger partial charge in [-0.3, -0.25) is 4.79 Å². The van der Waals surface area contributed by atoms with Gasteiger partial charge in [0.2, 0.25) is 5.91 Å². The summed E-state index contributed by atoms with van der Waals surface area (Å²) in [6.45, 7) is 0. The van der Waals surface area contributed by atoms with Crippen molar-refractivity contribution in [2.75, 3.05) is 25.6 Å². The summed E-state index contributed by atoms with van der Waals surface area (Å²) in [6.07, 6.45) is 4.40. The summed E-state index contributed by atoms with van der Waals surface area (Å²) in [4.78, 5) is 29.0. The molecular formula is C26H30ClN3O3S2. The van der Waals surface area contributed by atoms with E-state index in [-0.39, 0.29) is 23.1 Å². The number of carboxylic acids is 1. The van der Waals surface area contributed by atoms with Crippen LogP contribution in [0.2, 0.25) is 5.02 Å². The van der Waals surface area contributed by atoms with Crippen LogP contribution < -0.4 is 11.3 Å². The summed E-state index contributed by atoms with van der Waals surface area (Å²) in [5.74, 6) is 0.126. The minimum Gasteiger partial charge on any atom is -0.550 e. The van der Waals surface area contributed by atoms with Crippen LogP contribution in [0.5, 0.6) is 0 Å². The fourth-order valence-corrected chi connectivity index (χ4v) is 5.97. The maximum atomic E-state index is 11.9. The molecule has 0 aliphatic carbocycles. The molecule has 0 radical (unpaired) electrons. The number of amides is 1. The predicted octanol–water partition coefficient (Wildman–Crippen LogP) is 5.52. The van der Waals surface area contributed by atoms with Gasteiger partial charge in [-0.2, -0.15) is 0 Å². The number of rotatable bonds is 11. The fraction of sp³-hybridized carbons (Fsp3) is 0.269. The summed E-state index contributed by atoms with van der Waals surface area (Å²) >= 11 is 9.30. The number of pyridine rings is 1. The smallest absolute Gasteiger partial charge is 0.222 e. The van der Waals surface area contributed by atoms with Crippen molar-refractivity contribution in [1.29, 1.82) is 0 Å². The summed E-state index contributed by atoms with van der Waals surface area (Å²) in [6, 6.07) is 17.8. The summed E-state index contributed by atoms with van der Waals surface area (Å²) in [5.41, 5.74) is 3.76. The van der Waals surface area contributed by atoms with Crippen molar-refractivity contribution in [3.05, 3.63) is 76.4 Å². The van der Waals surface area contributed by atoms with Crippen molar-refractivity contribution in [3.63, 3.8) is 0 Å². The van der Waals surface area contributed by atoms with Gasteiger partial charge in [0.1, 0.15) is 0 Å². The lowest BCUT2D eigenvalue weighted by atomic mass is 10.1. The quantitative estimate of drug-likeness (QED) is 0.326. The molecule has 0 saturated carbocycles. The van der Waals surface area contributed by atoms with E-state index in [1.165, 1.54) is 0 Å². The maximum Gasteiger partial charge on any atom is 0.222 e. The third kappa shape index (κ3) is 9.22. The molecule has 0 spiro atoms. The second-order valence-corrected chi connectivity index (χ2v) is 11.0. The molecule has 1 heterocycles. The monoisotopic (exact) mass is 531 g/mol. The van der Waals surface area contributed by atoms with E-state index in [1.807, 2.05) is 60.7 Å². The van der Waals surface area contributed by atoms with Gasteiger partial charge < -0.3 is 21.0 Å². The molecule has 35 heavy (non-hydrogen) atoms. The number of aromatic nitrogens is 1. The number of hydrogen-bond acceptors (Lipinski definition) is 6. The highest BCUT2D eigenvalue weighted by atomic mass is 35.5. The number of quaternary nitrogens is 1. The summed E-state index contributed by atoms with van der Waals surface area (Å²) < 4.78 is 0.0172. The normalized spacial score (nSPS) is 11.9. The van der Waals surface area contributed by atoms with Crippen LogP contribution in [0.15, 0.2) is 54.6 Å². The second kappa shape index (κ2) is 14.1. The van der Waals surface area contributed by atoms with Gasteiger partial charge in [-0.25, -0.2) is 4.98 Å². The highest BCUT2D eigenvalue weighted by molar-refractivity contribution is 8.16. The highest BCUT2D eigenvalue weighted by Crippen LogP contribution is 2.40. The summed E-state index contributed by atoms with van der Waals surface area (Å²) in [7, 11) is 3.49. The zero-order chi connectivity index (χ0) is 24.5. The Kier molecular flexibility index (Phi) is 11.6. The number of fused-ring (bicyclic) bond motifs is 1. The molecule has 2 aromatic carbocycles. The highest BCUT2D eigenvalue weighted by Gasteiger charge is 2.14. The number of carbonyl (C=O) groups excluding carboxylic acids is 2. The van der Waals surface area contributed by atoms with Crippen LogP contribution in [0.1, 0.15) is 34.2 Å². The molecule has 3 rings (SSSR count). The van der Waals surface area contributed by atoms with Crippen molar-refractivity contribution in [1.82, 2.24) is 16.0 Å². The lowest BCUT2D eigenvalue weighted by Gasteiger charge is -2.18. The number of nitrogens with zero attached hydrogens (tertiary/aromatic N) is 2. The van der Waals surface area contributed by atoms with Crippen LogP contribution in [0.4, 0.5) is 0 Å². The van der Waals surface area contributed by atoms with Gasteiger partial charge in [0, 0.05) is 42.6 Å². The number of aliphatic carboxylic acids is 1. The van der Waals surface area contributed by atoms with Crippen LogP contribution in [-0.2, 0) is 9.59 Å². The third-order valence-corrected chi connectivity index (χ3v) is 8.05. The van der Waals surface area contributed by atoms with Gasteiger partial charge in [0.15, 0.2) is 0 Å². The number of carbonyl (C=O) groups is 2. The first-order chi connectivity index (χ1) is 16.3. The van der Waals surface area contributed by atoms with Gasteiger partial charge in [-0.05, 0) is 53.6 Å². The molecule has 1 unspecified atom stereocenters. The second-order valence-electron chi connectivity index (χ2n) is 7.81. The van der Waals surface area contributed by atoms with Crippen LogP contribution in [0.25, 0.3) is 23.1 Å². The van der Waals surface area contributed by atoms with Crippen LogP contribution in [-0.4, -0.2) is 47.4 Å². The maximum absolute atomic E-state index is 11.9. The van der Waals surface area contributed by atoms with E-state index >= 15 is 0 Å². The topological polar surface area (TPSA) is 110 Å². The molecule has 0 fully saturated rings. The van der Waals surface area contributed by atoms with E-state index < -0.39 is 5.97 Å². The Bertz CT molecular complexity index is 1190. The zero-order valence-electron chi connectivity index (χ0n) is 20.1. The fourth-order valence-electron chi connectivity index (χ4n) is 3.16. The standard InChI is InChI=1S/C26H27ClN2O3S2.H3N/c1-29(2)24(30)12-14-33-26(34-15-13-25(31)32)20-5-3-4-18(16-20)6-10-22-11-8-19-7-9-21(27)17-23(19)28-22;/h3-11,16-17,26H,12-15H2,1-2H3,(H,31,32);1H3/b10-6+;. The first kappa shape index (κ1) is 28.7. The average molecular weight is 532 g/mol. The number of carboxylic acid groups (broad SMARTS) is 1. The molecule has 4 N–H and O–H groups in total. The predicted molar refractivity (Wildman–Crippen MR) is 149 cm³/mol. The Morgan fingerprint density at radius 1 is 1.03 bits per heavy atom. The Morgan fingerprint density at radius 3 is 2.46 bits per heavy atom. The van der Waals surface area contributed by atoms with Crippen LogP contribution in [0, 0.1) is 0 Å². The first-order valence-corrected chi connectivity index (χ1v) is 13.3. The minimum atomic E-state index is -1.06. The molecule has 0 saturated heterocycles. The molecule has 6 nitrogen and oxygen atoms in total. The molecular weight excluding hydrogens is 502 g/mol. The van der Waals surface area contributed by atoms with Gasteiger partial charge in [0.25, 0.3) is 0 Å². The Balaban J connectivity index is 0.00000432. The van der Waals surface area contributed by atoms with E-state index in [1.54, 1.807) is 42.5 Å². The molecule has 3 aromatic rings. The molecule has 1 aromatic heterocycles. The third-order valence-electron chi connectivity index (χ3n) is 4.96. The number of benzene rings is 2. The van der Waals surface area contributed by atoms with Crippen molar-refractivity contribution in [2.24, 2.45) is 0 Å². The molecule has 1 atom stereocenters. The Labute approximate surface area is 219 Å². The molecule has 0 bridgehead atoms. The molecule has 186 valence electrons. The Hall–Kier alpha value is -2.52. The van der Waals surface area contributed by atoms with Crippen molar-refractivity contribution < 1.29 is 14.7 Å².